The molecule has 1 fully saturated rings. The van der Waals surface area contributed by atoms with Crippen LogP contribution in [0.25, 0.3) is 0 Å². The van der Waals surface area contributed by atoms with Gasteiger partial charge in [-0.3, -0.25) is 9.52 Å². The number of aromatic nitrogens is 2. The van der Waals surface area contributed by atoms with Gasteiger partial charge in [0.1, 0.15) is 6.04 Å². The molecule has 0 aliphatic carbocycles. The van der Waals surface area contributed by atoms with E-state index in [0.717, 1.165) is 35.8 Å². The van der Waals surface area contributed by atoms with Crippen molar-refractivity contribution in [2.75, 3.05) is 47.2 Å². The molecule has 1 amide bonds. The van der Waals surface area contributed by atoms with Gasteiger partial charge in [-0.15, -0.1) is 10.2 Å². The van der Waals surface area contributed by atoms with E-state index < -0.39 is 10.0 Å². The van der Waals surface area contributed by atoms with Gasteiger partial charge in [0.25, 0.3) is 10.0 Å². The Hall–Kier alpha value is -3.08. The summed E-state index contributed by atoms with van der Waals surface area (Å²) in [5, 5.41) is 8.28. The number of anilines is 3. The van der Waals surface area contributed by atoms with E-state index in [-0.39, 0.29) is 29.2 Å². The van der Waals surface area contributed by atoms with Crippen molar-refractivity contribution in [3.05, 3.63) is 70.3 Å². The SMILES string of the molecule is C[C@@H](C(=O)N1CCN(c2ccc(S(=O)(=O)Nc3ccc(Cl)nn3)cc2)CC1)N1CCCc2cc(Cl)ccc21.[HH]. The van der Waals surface area contributed by atoms with E-state index in [4.69, 9.17) is 23.2 Å². The number of hydrogen-bond acceptors (Lipinski definition) is 7. The maximum atomic E-state index is 13.4. The molecule has 9 nitrogen and oxygen atoms in total. The van der Waals surface area contributed by atoms with Crippen LogP contribution in [0.4, 0.5) is 17.2 Å². The van der Waals surface area contributed by atoms with Crippen molar-refractivity contribution in [3.8, 4) is 0 Å². The Morgan fingerprint density at radius 2 is 1.71 bits per heavy atom. The number of amides is 1. The van der Waals surface area contributed by atoms with Crippen LogP contribution < -0.4 is 14.5 Å². The molecule has 1 atom stereocenters. The Morgan fingerprint density at radius 1 is 0.974 bits per heavy atom. The first kappa shape index (κ1) is 26.5. The molecule has 2 aliphatic heterocycles. The molecule has 3 heterocycles. The molecule has 0 saturated carbocycles. The minimum absolute atomic E-state index is 0. The largest absolute Gasteiger partial charge is 0.368 e. The highest BCUT2D eigenvalue weighted by atomic mass is 35.5. The number of aryl methyl sites for hydroxylation is 1. The minimum atomic E-state index is -3.82. The van der Waals surface area contributed by atoms with Crippen molar-refractivity contribution in [2.24, 2.45) is 0 Å². The zero-order chi connectivity index (χ0) is 26.9. The summed E-state index contributed by atoms with van der Waals surface area (Å²) in [6, 6.07) is 15.2. The number of rotatable bonds is 6. The molecule has 1 saturated heterocycles. The van der Waals surface area contributed by atoms with E-state index in [1.54, 1.807) is 24.3 Å². The van der Waals surface area contributed by atoms with Crippen LogP contribution >= 0.6 is 23.2 Å². The van der Waals surface area contributed by atoms with Crippen LogP contribution in [-0.2, 0) is 21.2 Å². The maximum absolute atomic E-state index is 13.4. The molecule has 0 unspecified atom stereocenters. The van der Waals surface area contributed by atoms with Crippen molar-refractivity contribution in [3.63, 3.8) is 0 Å². The van der Waals surface area contributed by atoms with Gasteiger partial charge in [0.05, 0.1) is 4.90 Å². The Kier molecular flexibility index (Phi) is 7.65. The Morgan fingerprint density at radius 3 is 2.39 bits per heavy atom. The summed E-state index contributed by atoms with van der Waals surface area (Å²) in [6.07, 6.45) is 1.96. The fraction of sp³-hybridized carbons (Fsp3) is 0.346. The monoisotopic (exact) mass is 576 g/mol. The predicted molar refractivity (Wildman–Crippen MR) is 152 cm³/mol. The summed E-state index contributed by atoms with van der Waals surface area (Å²) in [5.74, 6) is 0.204. The van der Waals surface area contributed by atoms with E-state index in [1.807, 2.05) is 30.0 Å². The number of carbonyl (C=O) groups excluding carboxylic acids is 1. The molecule has 0 radical (unpaired) electrons. The molecule has 0 spiro atoms. The third kappa shape index (κ3) is 5.67. The molecular formula is C26H30Cl2N6O3S. The Balaban J connectivity index is 0.00000353. The number of hydrogen-bond donors (Lipinski definition) is 1. The van der Waals surface area contributed by atoms with Crippen LogP contribution in [0, 0.1) is 0 Å². The zero-order valence-electron chi connectivity index (χ0n) is 20.8. The predicted octanol–water partition coefficient (Wildman–Crippen LogP) is 4.32. The minimum Gasteiger partial charge on any atom is -0.368 e. The van der Waals surface area contributed by atoms with Crippen molar-refractivity contribution < 1.29 is 14.6 Å². The summed E-state index contributed by atoms with van der Waals surface area (Å²) >= 11 is 11.9. The van der Waals surface area contributed by atoms with Gasteiger partial charge in [-0.25, -0.2) is 8.42 Å². The number of fused-ring (bicyclic) bond motifs is 1. The highest BCUT2D eigenvalue weighted by Crippen LogP contribution is 2.31. The second-order valence-corrected chi connectivity index (χ2v) is 11.9. The van der Waals surface area contributed by atoms with Gasteiger partial charge >= 0.3 is 0 Å². The first-order valence-corrected chi connectivity index (χ1v) is 14.7. The molecule has 202 valence electrons. The Labute approximate surface area is 233 Å². The number of nitrogens with one attached hydrogen (secondary N) is 1. The van der Waals surface area contributed by atoms with E-state index >= 15 is 0 Å². The summed E-state index contributed by atoms with van der Waals surface area (Å²) in [5.41, 5.74) is 3.18. The lowest BCUT2D eigenvalue weighted by Crippen LogP contribution is -2.55. The summed E-state index contributed by atoms with van der Waals surface area (Å²) in [7, 11) is -3.82. The van der Waals surface area contributed by atoms with Crippen LogP contribution in [0.1, 0.15) is 20.3 Å². The number of piperazine rings is 1. The van der Waals surface area contributed by atoms with Gasteiger partial charge < -0.3 is 14.7 Å². The second-order valence-electron chi connectivity index (χ2n) is 9.40. The molecule has 38 heavy (non-hydrogen) atoms. The van der Waals surface area contributed by atoms with E-state index in [9.17, 15) is 13.2 Å². The summed E-state index contributed by atoms with van der Waals surface area (Å²) in [6.45, 7) is 5.34. The smallest absolute Gasteiger partial charge is 0.263 e. The van der Waals surface area contributed by atoms with Gasteiger partial charge in [0, 0.05) is 50.5 Å². The lowest BCUT2D eigenvalue weighted by molar-refractivity contribution is -0.132. The summed E-state index contributed by atoms with van der Waals surface area (Å²) in [4.78, 5) is 19.8. The van der Waals surface area contributed by atoms with Gasteiger partial charge in [-0.1, -0.05) is 23.2 Å². The third-order valence-corrected chi connectivity index (χ3v) is 8.80. The van der Waals surface area contributed by atoms with Gasteiger partial charge in [0.15, 0.2) is 11.0 Å². The topological polar surface area (TPSA) is 98.7 Å². The molecule has 0 bridgehead atoms. The number of halogens is 2. The van der Waals surface area contributed by atoms with Crippen LogP contribution in [0.15, 0.2) is 59.5 Å². The number of nitrogens with zero attached hydrogens (tertiary/aromatic N) is 5. The second kappa shape index (κ2) is 11.0. The molecule has 5 rings (SSSR count). The fourth-order valence-corrected chi connectivity index (χ4v) is 6.27. The van der Waals surface area contributed by atoms with Crippen LogP contribution in [0.2, 0.25) is 10.2 Å². The first-order chi connectivity index (χ1) is 18.2. The van der Waals surface area contributed by atoms with Crippen LogP contribution in [0.3, 0.4) is 0 Å². The molecular weight excluding hydrogens is 547 g/mol. The molecule has 1 aromatic heterocycles. The fourth-order valence-electron chi connectivity index (χ4n) is 4.98. The standard InChI is InChI=1S/C26H28Cl2N6O3S.H2/c1-18(34-12-2-3-19-17-20(27)4-9-23(19)34)26(35)33-15-13-32(14-16-33)21-5-7-22(8-6-21)38(36,37)31-25-11-10-24(28)29-30-25;/h4-11,17-18H,2-3,12-16H2,1H3,(H,30,31);1H/t18-;/m0./s1. The zero-order valence-corrected chi connectivity index (χ0v) is 23.2. The van der Waals surface area contributed by atoms with E-state index in [1.165, 1.54) is 17.7 Å². The van der Waals surface area contributed by atoms with Crippen LogP contribution in [-0.4, -0.2) is 68.2 Å². The van der Waals surface area contributed by atoms with Crippen LogP contribution in [0.5, 0.6) is 0 Å². The molecule has 12 heteroatoms. The number of sulfonamides is 1. The quantitative estimate of drug-likeness (QED) is 0.466. The average molecular weight is 578 g/mol. The van der Waals surface area contributed by atoms with Crippen molar-refractivity contribution in [1.29, 1.82) is 0 Å². The summed E-state index contributed by atoms with van der Waals surface area (Å²) < 4.78 is 27.8. The average Bonchev–Trinajstić information content (AvgIpc) is 2.93. The van der Waals surface area contributed by atoms with Crippen molar-refractivity contribution >= 4 is 56.3 Å². The highest BCUT2D eigenvalue weighted by molar-refractivity contribution is 7.92. The maximum Gasteiger partial charge on any atom is 0.263 e. The molecule has 2 aromatic carbocycles. The van der Waals surface area contributed by atoms with Gasteiger partial charge in [0.2, 0.25) is 5.91 Å². The Bertz CT molecular complexity index is 1420. The first-order valence-electron chi connectivity index (χ1n) is 12.4. The molecule has 3 aromatic rings. The van der Waals surface area contributed by atoms with Crippen molar-refractivity contribution in [1.82, 2.24) is 15.1 Å². The van der Waals surface area contributed by atoms with Crippen molar-refractivity contribution in [2.45, 2.75) is 30.7 Å². The third-order valence-electron chi connectivity index (χ3n) is 7.00. The molecule has 1 N–H and O–H groups in total. The normalized spacial score (nSPS) is 16.7. The lowest BCUT2D eigenvalue weighted by atomic mass is 10.00. The molecule has 2 aliphatic rings. The van der Waals surface area contributed by atoms with Gasteiger partial charge in [-0.05, 0) is 79.9 Å². The van der Waals surface area contributed by atoms with Gasteiger partial charge in [-0.2, -0.15) is 0 Å². The number of benzene rings is 2. The van der Waals surface area contributed by atoms with E-state index in [2.05, 4.69) is 24.7 Å². The van der Waals surface area contributed by atoms with E-state index in [0.29, 0.717) is 26.2 Å². The number of carbonyl (C=O) groups is 1. The lowest BCUT2D eigenvalue weighted by Gasteiger charge is -2.41. The highest BCUT2D eigenvalue weighted by Gasteiger charge is 2.31.